The Hall–Kier alpha value is -1.40. The molecule has 0 aliphatic carbocycles. The number of benzene rings is 1. The standard InChI is InChI=1S/C17H21F3O3/c1-16(2)10-22-15(23-11-16)5-3-4-14(21)12-6-8-13(9-7-12)17(18,19)20/h6-9,15H,3-5,10-11H2,1-2H3. The molecule has 1 aliphatic heterocycles. The topological polar surface area (TPSA) is 35.5 Å². The van der Waals surface area contributed by atoms with Gasteiger partial charge in [-0.2, -0.15) is 13.2 Å². The van der Waals surface area contributed by atoms with Gasteiger partial charge in [-0.15, -0.1) is 0 Å². The summed E-state index contributed by atoms with van der Waals surface area (Å²) in [6.45, 7) is 5.34. The van der Waals surface area contributed by atoms with Crippen molar-refractivity contribution in [1.82, 2.24) is 0 Å². The number of hydrogen-bond donors (Lipinski definition) is 0. The lowest BCUT2D eigenvalue weighted by atomic mass is 9.95. The molecule has 23 heavy (non-hydrogen) atoms. The largest absolute Gasteiger partial charge is 0.416 e. The van der Waals surface area contributed by atoms with E-state index in [1.165, 1.54) is 12.1 Å². The lowest BCUT2D eigenvalue weighted by Crippen LogP contribution is -2.37. The van der Waals surface area contributed by atoms with Gasteiger partial charge in [-0.3, -0.25) is 4.79 Å². The Morgan fingerprint density at radius 2 is 1.74 bits per heavy atom. The van der Waals surface area contributed by atoms with Crippen LogP contribution in [0.25, 0.3) is 0 Å². The highest BCUT2D eigenvalue weighted by Crippen LogP contribution is 2.29. The summed E-state index contributed by atoms with van der Waals surface area (Å²) >= 11 is 0. The first-order chi connectivity index (χ1) is 10.7. The van der Waals surface area contributed by atoms with Crippen LogP contribution in [-0.2, 0) is 15.7 Å². The summed E-state index contributed by atoms with van der Waals surface area (Å²) in [6, 6.07) is 4.31. The Morgan fingerprint density at radius 1 is 1.17 bits per heavy atom. The third kappa shape index (κ3) is 5.32. The van der Waals surface area contributed by atoms with Crippen LogP contribution in [0.4, 0.5) is 13.2 Å². The van der Waals surface area contributed by atoms with Crippen molar-refractivity contribution in [3.8, 4) is 0 Å². The predicted molar refractivity (Wildman–Crippen MR) is 79.1 cm³/mol. The Labute approximate surface area is 133 Å². The zero-order valence-corrected chi connectivity index (χ0v) is 13.3. The molecule has 0 unspecified atom stereocenters. The molecule has 2 rings (SSSR count). The first-order valence-electron chi connectivity index (χ1n) is 7.61. The van der Waals surface area contributed by atoms with Crippen molar-refractivity contribution in [2.75, 3.05) is 13.2 Å². The van der Waals surface area contributed by atoms with Crippen LogP contribution in [0.5, 0.6) is 0 Å². The fraction of sp³-hybridized carbons (Fsp3) is 0.588. The molecule has 1 heterocycles. The second kappa shape index (κ2) is 7.01. The smallest absolute Gasteiger partial charge is 0.352 e. The molecule has 0 spiro atoms. The molecule has 0 amide bonds. The predicted octanol–water partition coefficient (Wildman–Crippen LogP) is 4.46. The van der Waals surface area contributed by atoms with E-state index in [9.17, 15) is 18.0 Å². The fourth-order valence-corrected chi connectivity index (χ4v) is 2.31. The third-order valence-corrected chi connectivity index (χ3v) is 3.70. The summed E-state index contributed by atoms with van der Waals surface area (Å²) in [5.74, 6) is -0.171. The van der Waals surface area contributed by atoms with Gasteiger partial charge in [0, 0.05) is 17.4 Å². The molecule has 1 aromatic rings. The fourth-order valence-electron chi connectivity index (χ4n) is 2.31. The number of alkyl halides is 3. The van der Waals surface area contributed by atoms with E-state index in [1.807, 2.05) is 0 Å². The zero-order valence-electron chi connectivity index (χ0n) is 13.3. The van der Waals surface area contributed by atoms with Crippen LogP contribution >= 0.6 is 0 Å². The van der Waals surface area contributed by atoms with E-state index < -0.39 is 11.7 Å². The van der Waals surface area contributed by atoms with Crippen LogP contribution in [-0.4, -0.2) is 25.3 Å². The molecule has 1 aromatic carbocycles. The van der Waals surface area contributed by atoms with Crippen molar-refractivity contribution in [3.63, 3.8) is 0 Å². The van der Waals surface area contributed by atoms with Crippen molar-refractivity contribution in [2.45, 2.75) is 45.6 Å². The first kappa shape index (κ1) is 17.9. The number of carbonyl (C=O) groups is 1. The molecule has 128 valence electrons. The maximum Gasteiger partial charge on any atom is 0.416 e. The van der Waals surface area contributed by atoms with Crippen LogP contribution in [0, 0.1) is 5.41 Å². The molecular weight excluding hydrogens is 309 g/mol. The van der Waals surface area contributed by atoms with Gasteiger partial charge in [-0.05, 0) is 25.0 Å². The van der Waals surface area contributed by atoms with Crippen LogP contribution in [0.15, 0.2) is 24.3 Å². The molecule has 0 atom stereocenters. The number of rotatable bonds is 5. The van der Waals surface area contributed by atoms with Crippen molar-refractivity contribution < 1.29 is 27.4 Å². The molecule has 1 saturated heterocycles. The van der Waals surface area contributed by atoms with Gasteiger partial charge in [0.15, 0.2) is 12.1 Å². The Kier molecular flexibility index (Phi) is 5.47. The van der Waals surface area contributed by atoms with Gasteiger partial charge < -0.3 is 9.47 Å². The quantitative estimate of drug-likeness (QED) is 0.748. The van der Waals surface area contributed by atoms with Gasteiger partial charge in [0.2, 0.25) is 0 Å². The molecule has 0 bridgehead atoms. The lowest BCUT2D eigenvalue weighted by Gasteiger charge is -2.34. The highest BCUT2D eigenvalue weighted by molar-refractivity contribution is 5.96. The van der Waals surface area contributed by atoms with E-state index in [-0.39, 0.29) is 23.9 Å². The summed E-state index contributed by atoms with van der Waals surface area (Å²) in [4.78, 5) is 12.0. The molecule has 0 saturated carbocycles. The summed E-state index contributed by atoms with van der Waals surface area (Å²) in [5, 5.41) is 0. The van der Waals surface area contributed by atoms with E-state index in [1.54, 1.807) is 0 Å². The monoisotopic (exact) mass is 330 g/mol. The van der Waals surface area contributed by atoms with E-state index in [0.29, 0.717) is 31.6 Å². The number of hydrogen-bond acceptors (Lipinski definition) is 3. The second-order valence-corrected chi connectivity index (χ2v) is 6.61. The maximum absolute atomic E-state index is 12.5. The average molecular weight is 330 g/mol. The molecule has 1 aliphatic rings. The summed E-state index contributed by atoms with van der Waals surface area (Å²) in [7, 11) is 0. The first-order valence-corrected chi connectivity index (χ1v) is 7.61. The van der Waals surface area contributed by atoms with Gasteiger partial charge in [0.1, 0.15) is 0 Å². The molecule has 0 N–H and O–H groups in total. The molecule has 0 radical (unpaired) electrons. The van der Waals surface area contributed by atoms with Crippen LogP contribution in [0.1, 0.15) is 49.0 Å². The minimum absolute atomic E-state index is 0.00650. The van der Waals surface area contributed by atoms with E-state index in [4.69, 9.17) is 9.47 Å². The van der Waals surface area contributed by atoms with E-state index >= 15 is 0 Å². The number of ether oxygens (including phenoxy) is 2. The Balaban J connectivity index is 1.77. The number of Topliss-reactive ketones (excluding diaryl/α,β-unsaturated/α-hetero) is 1. The van der Waals surface area contributed by atoms with Crippen molar-refractivity contribution in [2.24, 2.45) is 5.41 Å². The summed E-state index contributed by atoms with van der Waals surface area (Å²) in [6.07, 6.45) is -3.25. The average Bonchev–Trinajstić information content (AvgIpc) is 2.48. The van der Waals surface area contributed by atoms with Crippen molar-refractivity contribution in [1.29, 1.82) is 0 Å². The number of carbonyl (C=O) groups excluding carboxylic acids is 1. The van der Waals surface area contributed by atoms with Crippen molar-refractivity contribution >= 4 is 5.78 Å². The van der Waals surface area contributed by atoms with E-state index in [2.05, 4.69) is 13.8 Å². The maximum atomic E-state index is 12.5. The van der Waals surface area contributed by atoms with Gasteiger partial charge >= 0.3 is 6.18 Å². The normalized spacial score (nSPS) is 18.8. The Morgan fingerprint density at radius 3 is 2.26 bits per heavy atom. The molecule has 3 nitrogen and oxygen atoms in total. The molecule has 1 fully saturated rings. The zero-order chi connectivity index (χ0) is 17.1. The van der Waals surface area contributed by atoms with Crippen LogP contribution in [0.2, 0.25) is 0 Å². The SMILES string of the molecule is CC1(C)COC(CCCC(=O)c2ccc(C(F)(F)F)cc2)OC1. The van der Waals surface area contributed by atoms with E-state index in [0.717, 1.165) is 12.1 Å². The highest BCUT2D eigenvalue weighted by atomic mass is 19.4. The van der Waals surface area contributed by atoms with Crippen molar-refractivity contribution in [3.05, 3.63) is 35.4 Å². The molecule has 0 aromatic heterocycles. The minimum atomic E-state index is -4.38. The number of halogens is 3. The van der Waals surface area contributed by atoms with Gasteiger partial charge in [-0.1, -0.05) is 26.0 Å². The lowest BCUT2D eigenvalue weighted by molar-refractivity contribution is -0.223. The van der Waals surface area contributed by atoms with Gasteiger partial charge in [0.25, 0.3) is 0 Å². The van der Waals surface area contributed by atoms with Crippen LogP contribution in [0.3, 0.4) is 0 Å². The van der Waals surface area contributed by atoms with Gasteiger partial charge in [0.05, 0.1) is 18.8 Å². The summed E-state index contributed by atoms with van der Waals surface area (Å²) in [5.41, 5.74) is -0.447. The minimum Gasteiger partial charge on any atom is -0.352 e. The Bertz CT molecular complexity index is 525. The highest BCUT2D eigenvalue weighted by Gasteiger charge is 2.30. The molecule has 6 heteroatoms. The second-order valence-electron chi connectivity index (χ2n) is 6.61. The van der Waals surface area contributed by atoms with Gasteiger partial charge in [-0.25, -0.2) is 0 Å². The third-order valence-electron chi connectivity index (χ3n) is 3.70. The summed E-state index contributed by atoms with van der Waals surface area (Å²) < 4.78 is 48.6. The number of ketones is 1. The van der Waals surface area contributed by atoms with Crippen LogP contribution < -0.4 is 0 Å². The molecular formula is C17H21F3O3.